The number of nitrogens with one attached hydrogen (secondary N) is 2. The molecule has 4 rings (SSSR count). The van der Waals surface area contributed by atoms with Crippen LogP contribution in [-0.4, -0.2) is 60.8 Å². The number of hydrogen-bond donors (Lipinski definition) is 2. The summed E-state index contributed by atoms with van der Waals surface area (Å²) < 4.78 is 16.4. The van der Waals surface area contributed by atoms with Crippen LogP contribution in [0.25, 0.3) is 0 Å². The third-order valence-electron chi connectivity index (χ3n) is 4.34. The first-order valence-electron chi connectivity index (χ1n) is 8.96. The van der Waals surface area contributed by atoms with Crippen molar-refractivity contribution >= 4 is 29.4 Å². The molecule has 0 aliphatic carbocycles. The Kier molecular flexibility index (Phi) is 5.63. The number of ether oxygens (including phenoxy) is 3. The van der Waals surface area contributed by atoms with E-state index in [-0.39, 0.29) is 17.3 Å². The minimum absolute atomic E-state index is 0.0220. The molecule has 2 N–H and O–H groups in total. The summed E-state index contributed by atoms with van der Waals surface area (Å²) in [5, 5.41) is 0.0694. The molecular formula is C18H18ClN5O5. The number of benzene rings is 1. The highest BCUT2D eigenvalue weighted by Crippen LogP contribution is 2.30. The lowest BCUT2D eigenvalue weighted by Crippen LogP contribution is -2.51. The van der Waals surface area contributed by atoms with Crippen molar-refractivity contribution in [1.29, 1.82) is 0 Å². The number of para-hydroxylation sites is 2. The molecule has 152 valence electrons. The standard InChI is InChI=1S/C18H18ClN5O5/c19-11-9-20-18(24-5-7-27-8-6-24)21-15(11)17(26)23-22-16(25)14-10-28-12-3-1-2-4-13(12)29-14/h1-4,9,14H,5-8,10H2,(H,22,25)(H,23,26)/t14-/m1/s1. The van der Waals surface area contributed by atoms with E-state index in [0.29, 0.717) is 43.8 Å². The van der Waals surface area contributed by atoms with Gasteiger partial charge < -0.3 is 19.1 Å². The van der Waals surface area contributed by atoms with E-state index in [4.69, 9.17) is 25.8 Å². The van der Waals surface area contributed by atoms with Gasteiger partial charge in [-0.15, -0.1) is 0 Å². The van der Waals surface area contributed by atoms with E-state index in [1.165, 1.54) is 6.20 Å². The Morgan fingerprint density at radius 1 is 1.14 bits per heavy atom. The average molecular weight is 420 g/mol. The number of aromatic nitrogens is 2. The third-order valence-corrected chi connectivity index (χ3v) is 4.62. The molecule has 0 radical (unpaired) electrons. The molecular weight excluding hydrogens is 402 g/mol. The van der Waals surface area contributed by atoms with Gasteiger partial charge in [0.2, 0.25) is 12.1 Å². The number of amides is 2. The van der Waals surface area contributed by atoms with Crippen molar-refractivity contribution in [3.63, 3.8) is 0 Å². The molecule has 0 bridgehead atoms. The fourth-order valence-electron chi connectivity index (χ4n) is 2.84. The fraction of sp³-hybridized carbons (Fsp3) is 0.333. The van der Waals surface area contributed by atoms with Crippen molar-refractivity contribution in [3.8, 4) is 11.5 Å². The molecule has 3 heterocycles. The fourth-order valence-corrected chi connectivity index (χ4v) is 3.02. The Bertz CT molecular complexity index is 921. The highest BCUT2D eigenvalue weighted by atomic mass is 35.5. The second-order valence-electron chi connectivity index (χ2n) is 6.27. The van der Waals surface area contributed by atoms with Crippen LogP contribution in [0.3, 0.4) is 0 Å². The second kappa shape index (κ2) is 8.50. The zero-order chi connectivity index (χ0) is 20.2. The van der Waals surface area contributed by atoms with Crippen molar-refractivity contribution in [2.75, 3.05) is 37.8 Å². The van der Waals surface area contributed by atoms with Crippen molar-refractivity contribution in [2.45, 2.75) is 6.10 Å². The SMILES string of the molecule is O=C(NNC(=O)[C@H]1COc2ccccc2O1)c1nc(N2CCOCC2)ncc1Cl. The summed E-state index contributed by atoms with van der Waals surface area (Å²) >= 11 is 6.06. The minimum atomic E-state index is -0.907. The molecule has 11 heteroatoms. The monoisotopic (exact) mass is 419 g/mol. The first kappa shape index (κ1) is 19.2. The van der Waals surface area contributed by atoms with Gasteiger partial charge in [0.1, 0.15) is 6.61 Å². The molecule has 29 heavy (non-hydrogen) atoms. The van der Waals surface area contributed by atoms with E-state index >= 15 is 0 Å². The smallest absolute Gasteiger partial charge is 0.290 e. The highest BCUT2D eigenvalue weighted by molar-refractivity contribution is 6.33. The lowest BCUT2D eigenvalue weighted by atomic mass is 10.2. The van der Waals surface area contributed by atoms with E-state index in [1.54, 1.807) is 24.3 Å². The Balaban J connectivity index is 1.37. The maximum atomic E-state index is 12.5. The largest absolute Gasteiger partial charge is 0.485 e. The van der Waals surface area contributed by atoms with Crippen molar-refractivity contribution in [2.24, 2.45) is 0 Å². The normalized spacial score (nSPS) is 18.1. The van der Waals surface area contributed by atoms with Crippen LogP contribution in [0.4, 0.5) is 5.95 Å². The van der Waals surface area contributed by atoms with Gasteiger partial charge in [-0.1, -0.05) is 23.7 Å². The maximum Gasteiger partial charge on any atom is 0.290 e. The van der Waals surface area contributed by atoms with E-state index in [2.05, 4.69) is 20.8 Å². The summed E-state index contributed by atoms with van der Waals surface area (Å²) in [6, 6.07) is 7.02. The molecule has 1 aromatic heterocycles. The van der Waals surface area contributed by atoms with Gasteiger partial charge in [-0.2, -0.15) is 0 Å². The number of carbonyl (C=O) groups is 2. The van der Waals surface area contributed by atoms with E-state index < -0.39 is 17.9 Å². The predicted octanol–water partition coefficient (Wildman–Crippen LogP) is 0.568. The van der Waals surface area contributed by atoms with Crippen LogP contribution in [0.2, 0.25) is 5.02 Å². The lowest BCUT2D eigenvalue weighted by Gasteiger charge is -2.27. The number of morpholine rings is 1. The number of hydrazine groups is 1. The number of rotatable bonds is 3. The molecule has 0 unspecified atom stereocenters. The van der Waals surface area contributed by atoms with Crippen LogP contribution in [-0.2, 0) is 9.53 Å². The highest BCUT2D eigenvalue weighted by Gasteiger charge is 2.28. The van der Waals surface area contributed by atoms with Crippen LogP contribution >= 0.6 is 11.6 Å². The average Bonchev–Trinajstić information content (AvgIpc) is 2.77. The quantitative estimate of drug-likeness (QED) is 0.694. The van der Waals surface area contributed by atoms with Gasteiger partial charge in [-0.3, -0.25) is 20.4 Å². The summed E-state index contributed by atoms with van der Waals surface area (Å²) in [5.74, 6) is 0.154. The first-order chi connectivity index (χ1) is 14.1. The number of carbonyl (C=O) groups excluding carboxylic acids is 2. The summed E-state index contributed by atoms with van der Waals surface area (Å²) in [4.78, 5) is 35.1. The van der Waals surface area contributed by atoms with E-state index in [0.717, 1.165) is 0 Å². The van der Waals surface area contributed by atoms with Crippen LogP contribution in [0, 0.1) is 0 Å². The molecule has 2 aromatic rings. The first-order valence-corrected chi connectivity index (χ1v) is 9.33. The predicted molar refractivity (Wildman–Crippen MR) is 102 cm³/mol. The molecule has 1 aromatic carbocycles. The summed E-state index contributed by atoms with van der Waals surface area (Å²) in [6.07, 6.45) is 0.445. The summed E-state index contributed by atoms with van der Waals surface area (Å²) in [5.41, 5.74) is 4.56. The molecule has 1 atom stereocenters. The van der Waals surface area contributed by atoms with Gasteiger partial charge in [0.05, 0.1) is 24.4 Å². The minimum Gasteiger partial charge on any atom is -0.485 e. The van der Waals surface area contributed by atoms with Crippen LogP contribution < -0.4 is 25.2 Å². The molecule has 0 spiro atoms. The number of fused-ring (bicyclic) bond motifs is 1. The number of anilines is 1. The van der Waals surface area contributed by atoms with Gasteiger partial charge in [0, 0.05) is 13.1 Å². The van der Waals surface area contributed by atoms with Crippen LogP contribution in [0.15, 0.2) is 30.5 Å². The lowest BCUT2D eigenvalue weighted by molar-refractivity contribution is -0.131. The van der Waals surface area contributed by atoms with Gasteiger partial charge in [-0.05, 0) is 12.1 Å². The Hall–Kier alpha value is -3.11. The molecule has 2 aliphatic heterocycles. The molecule has 1 fully saturated rings. The van der Waals surface area contributed by atoms with Gasteiger partial charge in [0.15, 0.2) is 17.2 Å². The molecule has 2 amide bonds. The second-order valence-corrected chi connectivity index (χ2v) is 6.68. The summed E-state index contributed by atoms with van der Waals surface area (Å²) in [7, 11) is 0. The van der Waals surface area contributed by atoms with E-state index in [1.807, 2.05) is 4.90 Å². The number of nitrogens with zero attached hydrogens (tertiary/aromatic N) is 3. The molecule has 1 saturated heterocycles. The van der Waals surface area contributed by atoms with Gasteiger partial charge >= 0.3 is 0 Å². The number of halogens is 1. The Labute approximate surface area is 171 Å². The summed E-state index contributed by atoms with van der Waals surface area (Å²) in [6.45, 7) is 2.35. The van der Waals surface area contributed by atoms with Gasteiger partial charge in [-0.25, -0.2) is 9.97 Å². The zero-order valence-corrected chi connectivity index (χ0v) is 16.0. The molecule has 10 nitrogen and oxygen atoms in total. The Morgan fingerprint density at radius 3 is 2.69 bits per heavy atom. The topological polar surface area (TPSA) is 115 Å². The Morgan fingerprint density at radius 2 is 1.90 bits per heavy atom. The zero-order valence-electron chi connectivity index (χ0n) is 15.3. The molecule has 2 aliphatic rings. The van der Waals surface area contributed by atoms with Crippen LogP contribution in [0.5, 0.6) is 11.5 Å². The van der Waals surface area contributed by atoms with E-state index in [9.17, 15) is 9.59 Å². The number of hydrogen-bond acceptors (Lipinski definition) is 8. The maximum absolute atomic E-state index is 12.5. The molecule has 0 saturated carbocycles. The van der Waals surface area contributed by atoms with Crippen molar-refractivity contribution in [1.82, 2.24) is 20.8 Å². The van der Waals surface area contributed by atoms with Gasteiger partial charge in [0.25, 0.3) is 11.8 Å². The van der Waals surface area contributed by atoms with Crippen LogP contribution in [0.1, 0.15) is 10.5 Å². The van der Waals surface area contributed by atoms with Crippen molar-refractivity contribution in [3.05, 3.63) is 41.2 Å². The third kappa shape index (κ3) is 4.33. The van der Waals surface area contributed by atoms with Crippen molar-refractivity contribution < 1.29 is 23.8 Å².